The molecule has 0 saturated carbocycles. The SMILES string of the molecule is COC(CNS(=O)(=O)c1ccc(C)cc1Br)C(C)C. The van der Waals surface area contributed by atoms with Crippen LogP contribution in [0, 0.1) is 12.8 Å². The van der Waals surface area contributed by atoms with Crippen LogP contribution in [0.1, 0.15) is 19.4 Å². The fraction of sp³-hybridized carbons (Fsp3) is 0.538. The van der Waals surface area contributed by atoms with E-state index < -0.39 is 10.0 Å². The van der Waals surface area contributed by atoms with Gasteiger partial charge < -0.3 is 4.74 Å². The minimum absolute atomic E-state index is 0.140. The molecule has 0 aliphatic rings. The molecule has 1 rings (SSSR count). The number of hydrogen-bond donors (Lipinski definition) is 1. The summed E-state index contributed by atoms with van der Waals surface area (Å²) in [7, 11) is -1.94. The van der Waals surface area contributed by atoms with Crippen molar-refractivity contribution < 1.29 is 13.2 Å². The van der Waals surface area contributed by atoms with E-state index in [1.807, 2.05) is 20.8 Å². The molecule has 1 atom stereocenters. The molecule has 0 amide bonds. The maximum absolute atomic E-state index is 12.2. The van der Waals surface area contributed by atoms with Crippen LogP contribution >= 0.6 is 15.9 Å². The molecule has 0 spiro atoms. The summed E-state index contributed by atoms with van der Waals surface area (Å²) in [5.41, 5.74) is 1.00. The van der Waals surface area contributed by atoms with Gasteiger partial charge in [0.2, 0.25) is 10.0 Å². The molecule has 0 aromatic heterocycles. The quantitative estimate of drug-likeness (QED) is 0.858. The molecular weight excluding hydrogens is 330 g/mol. The summed E-state index contributed by atoms with van der Waals surface area (Å²) in [5, 5.41) is 0. The first-order valence-corrected chi connectivity index (χ1v) is 8.34. The van der Waals surface area contributed by atoms with Gasteiger partial charge in [-0.05, 0) is 46.5 Å². The molecular formula is C13H20BrNO3S. The maximum Gasteiger partial charge on any atom is 0.241 e. The molecule has 1 unspecified atom stereocenters. The molecule has 0 aliphatic carbocycles. The molecule has 1 aromatic carbocycles. The highest BCUT2D eigenvalue weighted by atomic mass is 79.9. The van der Waals surface area contributed by atoms with Crippen molar-refractivity contribution in [3.05, 3.63) is 28.2 Å². The van der Waals surface area contributed by atoms with Crippen molar-refractivity contribution in [2.75, 3.05) is 13.7 Å². The fourth-order valence-electron chi connectivity index (χ4n) is 1.68. The Morgan fingerprint density at radius 2 is 2.00 bits per heavy atom. The van der Waals surface area contributed by atoms with E-state index in [9.17, 15) is 8.42 Å². The Morgan fingerprint density at radius 1 is 1.37 bits per heavy atom. The van der Waals surface area contributed by atoms with Gasteiger partial charge in [-0.1, -0.05) is 19.9 Å². The van der Waals surface area contributed by atoms with Crippen LogP contribution in [0.5, 0.6) is 0 Å². The molecule has 19 heavy (non-hydrogen) atoms. The van der Waals surface area contributed by atoms with Crippen molar-refractivity contribution in [3.8, 4) is 0 Å². The number of nitrogens with one attached hydrogen (secondary N) is 1. The van der Waals surface area contributed by atoms with Gasteiger partial charge in [-0.25, -0.2) is 13.1 Å². The Morgan fingerprint density at radius 3 is 2.47 bits per heavy atom. The summed E-state index contributed by atoms with van der Waals surface area (Å²) in [6.45, 7) is 6.15. The summed E-state index contributed by atoms with van der Waals surface area (Å²) in [5.74, 6) is 0.245. The van der Waals surface area contributed by atoms with Gasteiger partial charge in [-0.2, -0.15) is 0 Å². The van der Waals surface area contributed by atoms with Crippen molar-refractivity contribution in [1.82, 2.24) is 4.72 Å². The van der Waals surface area contributed by atoms with Crippen LogP contribution in [0.25, 0.3) is 0 Å². The molecule has 0 fully saturated rings. The Bertz CT molecular complexity index is 529. The largest absolute Gasteiger partial charge is 0.380 e. The van der Waals surface area contributed by atoms with Crippen LogP contribution in [-0.4, -0.2) is 28.2 Å². The minimum Gasteiger partial charge on any atom is -0.380 e. The van der Waals surface area contributed by atoms with Crippen molar-refractivity contribution >= 4 is 26.0 Å². The molecule has 108 valence electrons. The predicted octanol–water partition coefficient (Wildman–Crippen LogP) is 2.71. The lowest BCUT2D eigenvalue weighted by Gasteiger charge is -2.19. The van der Waals surface area contributed by atoms with E-state index in [0.29, 0.717) is 4.47 Å². The van der Waals surface area contributed by atoms with Gasteiger partial charge in [-0.15, -0.1) is 0 Å². The minimum atomic E-state index is -3.52. The molecule has 0 heterocycles. The van der Waals surface area contributed by atoms with Gasteiger partial charge in [0, 0.05) is 18.1 Å². The van der Waals surface area contributed by atoms with Gasteiger partial charge in [0.25, 0.3) is 0 Å². The van der Waals surface area contributed by atoms with Crippen LogP contribution in [0.3, 0.4) is 0 Å². The van der Waals surface area contributed by atoms with Crippen LogP contribution in [0.2, 0.25) is 0 Å². The third-order valence-electron chi connectivity index (χ3n) is 2.90. The van der Waals surface area contributed by atoms with E-state index in [1.165, 1.54) is 0 Å². The second-order valence-corrected chi connectivity index (χ2v) is 7.39. The molecule has 0 bridgehead atoms. The zero-order chi connectivity index (χ0) is 14.6. The van der Waals surface area contributed by atoms with Gasteiger partial charge in [0.05, 0.1) is 11.0 Å². The highest BCUT2D eigenvalue weighted by Gasteiger charge is 2.20. The molecule has 6 heteroatoms. The highest BCUT2D eigenvalue weighted by molar-refractivity contribution is 9.10. The topological polar surface area (TPSA) is 55.4 Å². The molecule has 0 aliphatic heterocycles. The van der Waals surface area contributed by atoms with E-state index in [2.05, 4.69) is 20.7 Å². The molecule has 1 aromatic rings. The number of sulfonamides is 1. The van der Waals surface area contributed by atoms with Crippen molar-refractivity contribution in [2.45, 2.75) is 31.8 Å². The lowest BCUT2D eigenvalue weighted by atomic mass is 10.1. The normalized spacial score (nSPS) is 13.8. The number of methoxy groups -OCH3 is 1. The number of halogens is 1. The monoisotopic (exact) mass is 349 g/mol. The Hall–Kier alpha value is -0.430. The van der Waals surface area contributed by atoms with Crippen molar-refractivity contribution in [1.29, 1.82) is 0 Å². The Balaban J connectivity index is 2.87. The highest BCUT2D eigenvalue weighted by Crippen LogP contribution is 2.23. The maximum atomic E-state index is 12.2. The first-order chi connectivity index (χ1) is 8.77. The fourth-order valence-corrected chi connectivity index (χ4v) is 3.92. The predicted molar refractivity (Wildman–Crippen MR) is 79.7 cm³/mol. The van der Waals surface area contributed by atoms with E-state index in [0.717, 1.165) is 5.56 Å². The Kier molecular flexibility index (Phi) is 5.98. The molecule has 1 N–H and O–H groups in total. The van der Waals surface area contributed by atoms with Gasteiger partial charge >= 0.3 is 0 Å². The van der Waals surface area contributed by atoms with Gasteiger partial charge in [0.1, 0.15) is 0 Å². The summed E-state index contributed by atoms with van der Waals surface area (Å²) >= 11 is 3.29. The van der Waals surface area contributed by atoms with Crippen molar-refractivity contribution in [3.63, 3.8) is 0 Å². The third-order valence-corrected chi connectivity index (χ3v) is 5.30. The third kappa shape index (κ3) is 4.56. The lowest BCUT2D eigenvalue weighted by Crippen LogP contribution is -2.36. The number of benzene rings is 1. The van der Waals surface area contributed by atoms with Crippen LogP contribution in [0.15, 0.2) is 27.6 Å². The zero-order valence-electron chi connectivity index (χ0n) is 11.6. The summed E-state index contributed by atoms with van der Waals surface area (Å²) in [6.07, 6.45) is -0.140. The number of aryl methyl sites for hydroxylation is 1. The average Bonchev–Trinajstić information content (AvgIpc) is 2.28. The summed E-state index contributed by atoms with van der Waals surface area (Å²) in [6, 6.07) is 5.15. The van der Waals surface area contributed by atoms with Crippen LogP contribution in [0.4, 0.5) is 0 Å². The first kappa shape index (κ1) is 16.6. The van der Waals surface area contributed by atoms with E-state index >= 15 is 0 Å². The lowest BCUT2D eigenvalue weighted by molar-refractivity contribution is 0.0691. The van der Waals surface area contributed by atoms with E-state index in [1.54, 1.807) is 25.3 Å². The number of ether oxygens (including phenoxy) is 1. The number of hydrogen-bond acceptors (Lipinski definition) is 3. The molecule has 0 saturated heterocycles. The first-order valence-electron chi connectivity index (χ1n) is 6.06. The number of rotatable bonds is 6. The molecule has 4 nitrogen and oxygen atoms in total. The average molecular weight is 350 g/mol. The van der Waals surface area contributed by atoms with E-state index in [-0.39, 0.29) is 23.5 Å². The van der Waals surface area contributed by atoms with Crippen molar-refractivity contribution in [2.24, 2.45) is 5.92 Å². The van der Waals surface area contributed by atoms with Gasteiger partial charge in [-0.3, -0.25) is 0 Å². The second kappa shape index (κ2) is 6.83. The zero-order valence-corrected chi connectivity index (χ0v) is 14.0. The Labute approximate surface area is 123 Å². The summed E-state index contributed by atoms with van der Waals surface area (Å²) < 4.78 is 32.8. The van der Waals surface area contributed by atoms with Crippen LogP contribution < -0.4 is 4.72 Å². The van der Waals surface area contributed by atoms with E-state index in [4.69, 9.17) is 4.74 Å². The van der Waals surface area contributed by atoms with Gasteiger partial charge in [0.15, 0.2) is 0 Å². The molecule has 0 radical (unpaired) electrons. The standard InChI is InChI=1S/C13H20BrNO3S/c1-9(2)12(18-4)8-15-19(16,17)13-6-5-10(3)7-11(13)14/h5-7,9,12,15H,8H2,1-4H3. The van der Waals surface area contributed by atoms with Crippen LogP contribution in [-0.2, 0) is 14.8 Å². The smallest absolute Gasteiger partial charge is 0.241 e. The summed E-state index contributed by atoms with van der Waals surface area (Å²) in [4.78, 5) is 0.247. The second-order valence-electron chi connectivity index (χ2n) is 4.80.